The first-order chi connectivity index (χ1) is 13.3. The highest BCUT2D eigenvalue weighted by atomic mass is 19.1. The van der Waals surface area contributed by atoms with Gasteiger partial charge in [-0.2, -0.15) is 0 Å². The maximum atomic E-state index is 14.9. The Kier molecular flexibility index (Phi) is 5.02. The molecule has 1 saturated carbocycles. The first kappa shape index (κ1) is 19.5. The highest BCUT2D eigenvalue weighted by Crippen LogP contribution is 2.59. The van der Waals surface area contributed by atoms with Crippen LogP contribution >= 0.6 is 0 Å². The van der Waals surface area contributed by atoms with E-state index in [1.807, 2.05) is 6.07 Å². The normalized spacial score (nSPS) is 27.1. The molecule has 0 radical (unpaired) electrons. The summed E-state index contributed by atoms with van der Waals surface area (Å²) in [7, 11) is 1.65. The van der Waals surface area contributed by atoms with Gasteiger partial charge in [-0.3, -0.25) is 0 Å². The third kappa shape index (κ3) is 3.47. The van der Waals surface area contributed by atoms with Crippen molar-refractivity contribution >= 4 is 5.57 Å². The molecule has 1 aromatic rings. The van der Waals surface area contributed by atoms with Gasteiger partial charge in [-0.05, 0) is 90.2 Å². The molecule has 150 valence electrons. The molecule has 0 bridgehead atoms. The van der Waals surface area contributed by atoms with Gasteiger partial charge < -0.3 is 4.74 Å². The highest BCUT2D eigenvalue weighted by molar-refractivity contribution is 5.82. The van der Waals surface area contributed by atoms with Crippen LogP contribution in [0.3, 0.4) is 0 Å². The molecule has 2 heteroatoms. The first-order valence-electron chi connectivity index (χ1n) is 10.8. The molecule has 0 N–H and O–H groups in total. The van der Waals surface area contributed by atoms with Crippen molar-refractivity contribution in [3.63, 3.8) is 0 Å². The fraction of sp³-hybridized carbons (Fsp3) is 0.538. The predicted molar refractivity (Wildman–Crippen MR) is 115 cm³/mol. The summed E-state index contributed by atoms with van der Waals surface area (Å²) in [6, 6.07) is 5.17. The van der Waals surface area contributed by atoms with Crippen molar-refractivity contribution in [1.82, 2.24) is 0 Å². The van der Waals surface area contributed by atoms with Gasteiger partial charge in [-0.25, -0.2) is 4.39 Å². The predicted octanol–water partition coefficient (Wildman–Crippen LogP) is 7.35. The van der Waals surface area contributed by atoms with Crippen LogP contribution in [0, 0.1) is 29.0 Å². The summed E-state index contributed by atoms with van der Waals surface area (Å²) >= 11 is 0. The number of ether oxygens (including phenoxy) is 1. The number of methoxy groups -OCH3 is 1. The van der Waals surface area contributed by atoms with Crippen LogP contribution in [-0.2, 0) is 0 Å². The first-order valence-corrected chi connectivity index (χ1v) is 10.8. The van der Waals surface area contributed by atoms with E-state index in [1.54, 1.807) is 24.8 Å². The van der Waals surface area contributed by atoms with Crippen molar-refractivity contribution in [3.8, 4) is 5.75 Å². The largest absolute Gasteiger partial charge is 0.497 e. The molecule has 1 fully saturated rings. The third-order valence-electron chi connectivity index (χ3n) is 7.11. The van der Waals surface area contributed by atoms with Crippen LogP contribution in [0.5, 0.6) is 5.75 Å². The highest BCUT2D eigenvalue weighted by Gasteiger charge is 2.46. The van der Waals surface area contributed by atoms with E-state index in [0.717, 1.165) is 42.9 Å². The van der Waals surface area contributed by atoms with Gasteiger partial charge in [0.15, 0.2) is 0 Å². The van der Waals surface area contributed by atoms with Crippen LogP contribution in [-0.4, -0.2) is 7.11 Å². The molecular formula is C26H33FO. The summed E-state index contributed by atoms with van der Waals surface area (Å²) in [4.78, 5) is 0. The van der Waals surface area contributed by atoms with E-state index in [9.17, 15) is 4.39 Å². The topological polar surface area (TPSA) is 9.23 Å². The molecule has 0 spiro atoms. The monoisotopic (exact) mass is 380 g/mol. The zero-order valence-electron chi connectivity index (χ0n) is 17.9. The van der Waals surface area contributed by atoms with Crippen LogP contribution in [0.25, 0.3) is 5.57 Å². The minimum atomic E-state index is -0.128. The molecule has 0 aromatic heterocycles. The second kappa shape index (κ2) is 7.21. The number of rotatable bonds is 4. The van der Waals surface area contributed by atoms with Gasteiger partial charge in [0.1, 0.15) is 11.6 Å². The van der Waals surface area contributed by atoms with Gasteiger partial charge in [0, 0.05) is 5.56 Å². The zero-order valence-corrected chi connectivity index (χ0v) is 17.9. The fourth-order valence-corrected chi connectivity index (χ4v) is 5.17. The van der Waals surface area contributed by atoms with Crippen molar-refractivity contribution in [3.05, 3.63) is 58.5 Å². The van der Waals surface area contributed by atoms with Crippen molar-refractivity contribution in [2.75, 3.05) is 7.11 Å². The maximum absolute atomic E-state index is 14.9. The molecule has 3 aliphatic rings. The molecule has 3 unspecified atom stereocenters. The standard InChI is InChI=1S/C26H33FO/c1-6-16-13-21(17-7-9-18(10-8-17)26(2,3)4)25(22-15-20(16)22)23-14-19(28-5)11-12-24(23)27/h7,11-14,18,20,22H,6,8-10,15H2,1-5H3. The smallest absolute Gasteiger partial charge is 0.131 e. The van der Waals surface area contributed by atoms with E-state index >= 15 is 0 Å². The SMILES string of the molecule is CCC1=CC(C2=CCC(C(C)(C)C)CC2)=C(c2cc(OC)ccc2F)C2CC12. The lowest BCUT2D eigenvalue weighted by Gasteiger charge is -2.34. The van der Waals surface area contributed by atoms with Gasteiger partial charge in [0.05, 0.1) is 7.11 Å². The molecule has 1 aromatic carbocycles. The molecule has 0 aliphatic heterocycles. The average Bonchev–Trinajstić information content (AvgIpc) is 3.47. The second-order valence-electron chi connectivity index (χ2n) is 9.76. The molecule has 0 saturated heterocycles. The Labute approximate surface area is 169 Å². The Balaban J connectivity index is 1.80. The Morgan fingerprint density at radius 1 is 1.18 bits per heavy atom. The van der Waals surface area contributed by atoms with Crippen molar-refractivity contribution in [2.45, 2.75) is 59.8 Å². The Bertz CT molecular complexity index is 865. The van der Waals surface area contributed by atoms with Crippen LogP contribution in [0.15, 0.2) is 47.1 Å². The van der Waals surface area contributed by atoms with E-state index in [1.165, 1.54) is 23.1 Å². The summed E-state index contributed by atoms with van der Waals surface area (Å²) in [5, 5.41) is 0. The van der Waals surface area contributed by atoms with E-state index < -0.39 is 0 Å². The summed E-state index contributed by atoms with van der Waals surface area (Å²) in [6.45, 7) is 9.28. The molecular weight excluding hydrogens is 347 g/mol. The third-order valence-corrected chi connectivity index (χ3v) is 7.11. The van der Waals surface area contributed by atoms with Crippen LogP contribution in [0.2, 0.25) is 0 Å². The summed E-state index contributed by atoms with van der Waals surface area (Å²) in [6.07, 6.45) is 10.5. The van der Waals surface area contributed by atoms with Crippen molar-refractivity contribution < 1.29 is 9.13 Å². The molecule has 0 heterocycles. The van der Waals surface area contributed by atoms with Crippen molar-refractivity contribution in [1.29, 1.82) is 0 Å². The number of hydrogen-bond donors (Lipinski definition) is 0. The minimum Gasteiger partial charge on any atom is -0.497 e. The summed E-state index contributed by atoms with van der Waals surface area (Å²) < 4.78 is 20.3. The van der Waals surface area contributed by atoms with E-state index in [2.05, 4.69) is 39.8 Å². The van der Waals surface area contributed by atoms with Gasteiger partial charge in [-0.15, -0.1) is 0 Å². The molecule has 4 rings (SSSR count). The molecule has 3 atom stereocenters. The summed E-state index contributed by atoms with van der Waals surface area (Å²) in [5.74, 6) is 2.41. The molecule has 0 amide bonds. The number of fused-ring (bicyclic) bond motifs is 1. The second-order valence-corrected chi connectivity index (χ2v) is 9.76. The van der Waals surface area contributed by atoms with Gasteiger partial charge >= 0.3 is 0 Å². The quantitative estimate of drug-likeness (QED) is 0.531. The Morgan fingerprint density at radius 3 is 2.57 bits per heavy atom. The average molecular weight is 381 g/mol. The lowest BCUT2D eigenvalue weighted by molar-refractivity contribution is 0.221. The summed E-state index contributed by atoms with van der Waals surface area (Å²) in [5.41, 5.74) is 6.58. The molecule has 3 aliphatic carbocycles. The van der Waals surface area contributed by atoms with Gasteiger partial charge in [-0.1, -0.05) is 45.4 Å². The molecule has 28 heavy (non-hydrogen) atoms. The molecule has 1 nitrogen and oxygen atoms in total. The lowest BCUT2D eigenvalue weighted by atomic mass is 9.71. The van der Waals surface area contributed by atoms with E-state index in [-0.39, 0.29) is 5.82 Å². The van der Waals surface area contributed by atoms with Crippen LogP contribution < -0.4 is 4.74 Å². The maximum Gasteiger partial charge on any atom is 0.131 e. The number of halogens is 1. The van der Waals surface area contributed by atoms with Gasteiger partial charge in [0.2, 0.25) is 0 Å². The minimum absolute atomic E-state index is 0.128. The van der Waals surface area contributed by atoms with Crippen LogP contribution in [0.1, 0.15) is 65.4 Å². The van der Waals surface area contributed by atoms with E-state index in [4.69, 9.17) is 4.74 Å². The van der Waals surface area contributed by atoms with Crippen molar-refractivity contribution in [2.24, 2.45) is 23.2 Å². The van der Waals surface area contributed by atoms with E-state index in [0.29, 0.717) is 17.3 Å². The number of benzene rings is 1. The fourth-order valence-electron chi connectivity index (χ4n) is 5.17. The number of hydrogen-bond acceptors (Lipinski definition) is 1. The van der Waals surface area contributed by atoms with Gasteiger partial charge in [0.25, 0.3) is 0 Å². The Hall–Kier alpha value is -1.83. The zero-order chi connectivity index (χ0) is 20.1. The lowest BCUT2D eigenvalue weighted by Crippen LogP contribution is -2.22. The Morgan fingerprint density at radius 2 is 1.96 bits per heavy atom. The van der Waals surface area contributed by atoms with Crippen LogP contribution in [0.4, 0.5) is 4.39 Å². The number of allylic oxidation sites excluding steroid dienone is 6.